The minimum Gasteiger partial charge on any atom is -0.337 e. The first-order valence-electron chi connectivity index (χ1n) is 8.62. The van der Waals surface area contributed by atoms with Crippen molar-refractivity contribution in [1.29, 1.82) is 0 Å². The molecule has 0 aromatic carbocycles. The third-order valence-electron chi connectivity index (χ3n) is 5.23. The molecule has 2 aromatic heterocycles. The third-order valence-corrected chi connectivity index (χ3v) is 6.32. The van der Waals surface area contributed by atoms with Crippen LogP contribution in [0.15, 0.2) is 17.8 Å². The van der Waals surface area contributed by atoms with Gasteiger partial charge in [-0.15, -0.1) is 11.3 Å². The van der Waals surface area contributed by atoms with Gasteiger partial charge >= 0.3 is 0 Å². The van der Waals surface area contributed by atoms with Crippen molar-refractivity contribution in [2.45, 2.75) is 51.5 Å². The highest BCUT2D eigenvalue weighted by Crippen LogP contribution is 2.32. The lowest BCUT2D eigenvalue weighted by molar-refractivity contribution is 0.0677. The number of carbonyl (C=O) groups excluding carboxylic acids is 1. The van der Waals surface area contributed by atoms with Crippen LogP contribution in [0.1, 0.15) is 58.3 Å². The number of hydrogen-bond donors (Lipinski definition) is 0. The van der Waals surface area contributed by atoms with Crippen LogP contribution in [-0.4, -0.2) is 33.4 Å². The molecule has 1 aliphatic carbocycles. The highest BCUT2D eigenvalue weighted by molar-refractivity contribution is 7.10. The van der Waals surface area contributed by atoms with Crippen LogP contribution in [0.4, 0.5) is 0 Å². The van der Waals surface area contributed by atoms with Crippen molar-refractivity contribution in [3.8, 4) is 0 Å². The normalized spacial score (nSPS) is 21.3. The maximum atomic E-state index is 13.0. The Balaban J connectivity index is 1.54. The van der Waals surface area contributed by atoms with E-state index in [1.165, 1.54) is 23.3 Å². The van der Waals surface area contributed by atoms with Crippen molar-refractivity contribution >= 4 is 17.2 Å². The van der Waals surface area contributed by atoms with Gasteiger partial charge in [0.05, 0.1) is 11.6 Å². The summed E-state index contributed by atoms with van der Waals surface area (Å²) in [6, 6.07) is 0.365. The molecular weight excluding hydrogens is 306 g/mol. The van der Waals surface area contributed by atoms with Crippen molar-refractivity contribution < 1.29 is 4.79 Å². The molecule has 1 amide bonds. The number of likely N-dealkylation sites (tertiary alicyclic amines) is 1. The summed E-state index contributed by atoms with van der Waals surface area (Å²) in [5, 5.41) is 2.10. The highest BCUT2D eigenvalue weighted by Gasteiger charge is 2.29. The van der Waals surface area contributed by atoms with Gasteiger partial charge in [-0.2, -0.15) is 0 Å². The summed E-state index contributed by atoms with van der Waals surface area (Å²) in [5.41, 5.74) is 2.32. The number of thiophene rings is 1. The number of piperidine rings is 1. The van der Waals surface area contributed by atoms with E-state index in [1.54, 1.807) is 11.3 Å². The zero-order valence-corrected chi connectivity index (χ0v) is 14.4. The lowest BCUT2D eigenvalue weighted by atomic mass is 9.95. The molecule has 1 fully saturated rings. The van der Waals surface area contributed by atoms with Crippen LogP contribution in [0.5, 0.6) is 0 Å². The molecule has 1 saturated heterocycles. The van der Waals surface area contributed by atoms with E-state index in [9.17, 15) is 4.79 Å². The average Bonchev–Trinajstić information content (AvgIpc) is 3.20. The SMILES string of the molecule is Cc1nccn1C1CCCN(C(=O)c2csc3c2CCCC3)C1. The molecule has 5 heteroatoms. The van der Waals surface area contributed by atoms with E-state index >= 15 is 0 Å². The Morgan fingerprint density at radius 1 is 1.30 bits per heavy atom. The summed E-state index contributed by atoms with van der Waals surface area (Å²) < 4.78 is 2.22. The summed E-state index contributed by atoms with van der Waals surface area (Å²) >= 11 is 1.78. The van der Waals surface area contributed by atoms with Crippen LogP contribution in [-0.2, 0) is 12.8 Å². The largest absolute Gasteiger partial charge is 0.337 e. The number of amides is 1. The fourth-order valence-corrected chi connectivity index (χ4v) is 5.10. The lowest BCUT2D eigenvalue weighted by Crippen LogP contribution is -2.41. The van der Waals surface area contributed by atoms with Gasteiger partial charge in [0.15, 0.2) is 0 Å². The minimum absolute atomic E-state index is 0.242. The molecule has 4 rings (SSSR count). The summed E-state index contributed by atoms with van der Waals surface area (Å²) in [7, 11) is 0. The van der Waals surface area contributed by atoms with Crippen LogP contribution in [0.2, 0.25) is 0 Å². The van der Waals surface area contributed by atoms with Crippen molar-refractivity contribution in [2.75, 3.05) is 13.1 Å². The van der Waals surface area contributed by atoms with Crippen molar-refractivity contribution in [1.82, 2.24) is 14.5 Å². The Labute approximate surface area is 141 Å². The van der Waals surface area contributed by atoms with E-state index in [0.717, 1.165) is 50.2 Å². The van der Waals surface area contributed by atoms with Gasteiger partial charge in [0.2, 0.25) is 0 Å². The second-order valence-corrected chi connectivity index (χ2v) is 7.65. The molecule has 2 aromatic rings. The molecule has 1 aliphatic heterocycles. The molecular formula is C18H23N3OS. The van der Waals surface area contributed by atoms with E-state index in [0.29, 0.717) is 6.04 Å². The molecule has 0 radical (unpaired) electrons. The molecule has 0 spiro atoms. The Bertz CT molecular complexity index is 718. The number of nitrogens with zero attached hydrogens (tertiary/aromatic N) is 3. The van der Waals surface area contributed by atoms with Gasteiger partial charge in [0.25, 0.3) is 5.91 Å². The zero-order chi connectivity index (χ0) is 15.8. The van der Waals surface area contributed by atoms with Crippen LogP contribution >= 0.6 is 11.3 Å². The van der Waals surface area contributed by atoms with Crippen LogP contribution in [0, 0.1) is 6.92 Å². The molecule has 3 heterocycles. The quantitative estimate of drug-likeness (QED) is 0.844. The first-order chi connectivity index (χ1) is 11.2. The Morgan fingerprint density at radius 2 is 2.17 bits per heavy atom. The second-order valence-electron chi connectivity index (χ2n) is 6.69. The van der Waals surface area contributed by atoms with Crippen LogP contribution in [0.3, 0.4) is 0 Å². The molecule has 2 aliphatic rings. The van der Waals surface area contributed by atoms with Gasteiger partial charge in [-0.25, -0.2) is 4.98 Å². The van der Waals surface area contributed by atoms with E-state index < -0.39 is 0 Å². The highest BCUT2D eigenvalue weighted by atomic mass is 32.1. The van der Waals surface area contributed by atoms with Gasteiger partial charge < -0.3 is 9.47 Å². The Morgan fingerprint density at radius 3 is 3.00 bits per heavy atom. The first-order valence-corrected chi connectivity index (χ1v) is 9.50. The number of aryl methyl sites for hydroxylation is 2. The van der Waals surface area contributed by atoms with Crippen molar-refractivity contribution in [3.63, 3.8) is 0 Å². The smallest absolute Gasteiger partial charge is 0.255 e. The van der Waals surface area contributed by atoms with E-state index in [-0.39, 0.29) is 5.91 Å². The summed E-state index contributed by atoms with van der Waals surface area (Å²) in [6.07, 6.45) is 10.8. The van der Waals surface area contributed by atoms with Gasteiger partial charge in [0.1, 0.15) is 5.82 Å². The summed E-state index contributed by atoms with van der Waals surface area (Å²) in [4.78, 5) is 20.9. The van der Waals surface area contributed by atoms with Gasteiger partial charge in [0, 0.05) is 35.7 Å². The predicted octanol–water partition coefficient (Wildman–Crippen LogP) is 3.61. The second kappa shape index (κ2) is 6.11. The fraction of sp³-hybridized carbons (Fsp3) is 0.556. The monoisotopic (exact) mass is 329 g/mol. The molecule has 0 bridgehead atoms. The molecule has 4 nitrogen and oxygen atoms in total. The minimum atomic E-state index is 0.242. The molecule has 1 atom stereocenters. The standard InChI is InChI=1S/C18H23N3OS/c1-13-19-8-10-21(13)14-5-4-9-20(11-14)18(22)16-12-23-17-7-3-2-6-15(16)17/h8,10,12,14H,2-7,9,11H2,1H3. The first kappa shape index (κ1) is 14.9. The van der Waals surface area contributed by atoms with Crippen LogP contribution < -0.4 is 0 Å². The predicted molar refractivity (Wildman–Crippen MR) is 92.1 cm³/mol. The van der Waals surface area contributed by atoms with Gasteiger partial charge in [-0.05, 0) is 51.0 Å². The Kier molecular flexibility index (Phi) is 3.97. The van der Waals surface area contributed by atoms with E-state index in [4.69, 9.17) is 0 Å². The lowest BCUT2D eigenvalue weighted by Gasteiger charge is -2.34. The third kappa shape index (κ3) is 2.71. The number of imidazole rings is 1. The molecule has 1 unspecified atom stereocenters. The summed E-state index contributed by atoms with van der Waals surface area (Å²) in [6.45, 7) is 3.73. The summed E-state index contributed by atoms with van der Waals surface area (Å²) in [5.74, 6) is 1.28. The number of aromatic nitrogens is 2. The average molecular weight is 329 g/mol. The van der Waals surface area contributed by atoms with E-state index in [2.05, 4.69) is 19.8 Å². The van der Waals surface area contributed by atoms with Gasteiger partial charge in [-0.1, -0.05) is 0 Å². The van der Waals surface area contributed by atoms with Crippen molar-refractivity contribution in [3.05, 3.63) is 39.6 Å². The van der Waals surface area contributed by atoms with Crippen molar-refractivity contribution in [2.24, 2.45) is 0 Å². The van der Waals surface area contributed by atoms with Gasteiger partial charge in [-0.3, -0.25) is 4.79 Å². The van der Waals surface area contributed by atoms with Crippen LogP contribution in [0.25, 0.3) is 0 Å². The number of carbonyl (C=O) groups is 1. The maximum absolute atomic E-state index is 13.0. The number of rotatable bonds is 2. The molecule has 122 valence electrons. The Hall–Kier alpha value is -1.62. The molecule has 23 heavy (non-hydrogen) atoms. The maximum Gasteiger partial charge on any atom is 0.255 e. The number of fused-ring (bicyclic) bond motifs is 1. The fourth-order valence-electron chi connectivity index (χ4n) is 3.98. The topological polar surface area (TPSA) is 38.1 Å². The number of hydrogen-bond acceptors (Lipinski definition) is 3. The van der Waals surface area contributed by atoms with E-state index in [1.807, 2.05) is 19.3 Å². The zero-order valence-electron chi connectivity index (χ0n) is 13.6. The molecule has 0 saturated carbocycles. The molecule has 0 N–H and O–H groups in total.